The monoisotopic (exact) mass is 669 g/mol. The van der Waals surface area contributed by atoms with Gasteiger partial charge in [0.1, 0.15) is 5.71 Å². The number of nitrogens with one attached hydrogen (secondary N) is 2. The van der Waals surface area contributed by atoms with Crippen LogP contribution in [-0.2, 0) is 0 Å². The van der Waals surface area contributed by atoms with E-state index >= 15 is 0 Å². The third-order valence-corrected chi connectivity index (χ3v) is 10.1. The molecule has 5 nitrogen and oxygen atoms in total. The summed E-state index contributed by atoms with van der Waals surface area (Å²) < 4.78 is 0. The summed E-state index contributed by atoms with van der Waals surface area (Å²) in [7, 11) is 2.02. The summed E-state index contributed by atoms with van der Waals surface area (Å²) >= 11 is 0. The minimum absolute atomic E-state index is 0.0548. The van der Waals surface area contributed by atoms with Crippen molar-refractivity contribution in [2.45, 2.75) is 6.04 Å². The van der Waals surface area contributed by atoms with E-state index in [0.717, 1.165) is 28.1 Å². The molecule has 1 unspecified atom stereocenters. The molecule has 1 aliphatic carbocycles. The maximum absolute atomic E-state index is 9.30. The Morgan fingerprint density at radius 1 is 0.654 bits per heavy atom. The van der Waals surface area contributed by atoms with Crippen molar-refractivity contribution < 1.29 is 0 Å². The highest BCUT2D eigenvalue weighted by molar-refractivity contribution is 6.62. The summed E-state index contributed by atoms with van der Waals surface area (Å²) in [5.41, 5.74) is 12.3. The number of hydrogen-bond donors (Lipinski definition) is 2. The molecule has 2 heterocycles. The van der Waals surface area contributed by atoms with Crippen LogP contribution in [0.2, 0.25) is 0 Å². The number of aromatic nitrogens is 1. The highest BCUT2D eigenvalue weighted by Gasteiger charge is 2.28. The second kappa shape index (κ2) is 13.1. The van der Waals surface area contributed by atoms with Crippen LogP contribution in [0.1, 0.15) is 5.69 Å². The van der Waals surface area contributed by atoms with Crippen LogP contribution >= 0.6 is 0 Å². The van der Waals surface area contributed by atoms with E-state index in [0.29, 0.717) is 11.4 Å². The highest BCUT2D eigenvalue weighted by atomic mass is 15.3. The fourth-order valence-corrected chi connectivity index (χ4v) is 7.53. The second-order valence-corrected chi connectivity index (χ2v) is 13.2. The van der Waals surface area contributed by atoms with E-state index in [-0.39, 0.29) is 6.04 Å². The van der Waals surface area contributed by atoms with Crippen molar-refractivity contribution in [2.24, 2.45) is 5.10 Å². The number of hydrogen-bond acceptors (Lipinski definition) is 5. The molecule has 5 heteroatoms. The molecule has 7 aromatic rings. The molecule has 1 aromatic heterocycles. The zero-order valence-electron chi connectivity index (χ0n) is 28.7. The lowest BCUT2D eigenvalue weighted by molar-refractivity contribution is 0.426. The van der Waals surface area contributed by atoms with E-state index in [9.17, 15) is 5.41 Å². The molecule has 0 amide bonds. The van der Waals surface area contributed by atoms with Gasteiger partial charge in [0.15, 0.2) is 0 Å². The molecule has 52 heavy (non-hydrogen) atoms. The number of hydrazone groups is 1. The number of rotatable bonds is 6. The van der Waals surface area contributed by atoms with Gasteiger partial charge in [0.2, 0.25) is 0 Å². The first kappa shape index (κ1) is 31.2. The Hall–Kier alpha value is -6.85. The molecule has 9 rings (SSSR count). The van der Waals surface area contributed by atoms with E-state index < -0.39 is 0 Å². The van der Waals surface area contributed by atoms with Gasteiger partial charge in [-0.1, -0.05) is 127 Å². The zero-order chi connectivity index (χ0) is 35.0. The Balaban J connectivity index is 1.10. The van der Waals surface area contributed by atoms with E-state index in [1.54, 1.807) is 6.20 Å². The third-order valence-electron chi connectivity index (χ3n) is 10.1. The van der Waals surface area contributed by atoms with Crippen LogP contribution in [0.3, 0.4) is 0 Å². The van der Waals surface area contributed by atoms with Crippen LogP contribution < -0.4 is 5.43 Å². The summed E-state index contributed by atoms with van der Waals surface area (Å²) in [5, 5.41) is 21.5. The van der Waals surface area contributed by atoms with Crippen molar-refractivity contribution in [3.05, 3.63) is 188 Å². The second-order valence-electron chi connectivity index (χ2n) is 13.2. The van der Waals surface area contributed by atoms with Crippen LogP contribution in [-0.4, -0.2) is 34.4 Å². The number of fused-ring (bicyclic) bond motifs is 3. The molecular weight excluding hydrogens is 635 g/mol. The number of nitrogens with zero attached hydrogens (tertiary/aromatic N) is 3. The predicted molar refractivity (Wildman–Crippen MR) is 219 cm³/mol. The Kier molecular flexibility index (Phi) is 7.86. The fraction of sp³-hybridized carbons (Fsp3) is 0.0426. The Morgan fingerprint density at radius 3 is 1.96 bits per heavy atom. The molecule has 248 valence electrons. The molecule has 1 atom stereocenters. The first-order valence-electron chi connectivity index (χ1n) is 17.5. The normalized spacial score (nSPS) is 16.5. The molecule has 0 saturated heterocycles. The van der Waals surface area contributed by atoms with Crippen LogP contribution in [0, 0.1) is 5.41 Å². The topological polar surface area (TPSA) is 64.4 Å². The number of anilines is 1. The van der Waals surface area contributed by atoms with E-state index in [2.05, 4.69) is 137 Å². The van der Waals surface area contributed by atoms with Crippen molar-refractivity contribution >= 4 is 55.0 Å². The lowest BCUT2D eigenvalue weighted by Crippen LogP contribution is -2.35. The van der Waals surface area contributed by atoms with Gasteiger partial charge in [-0.2, -0.15) is 5.10 Å². The Morgan fingerprint density at radius 2 is 1.29 bits per heavy atom. The van der Waals surface area contributed by atoms with Crippen molar-refractivity contribution in [2.75, 3.05) is 12.5 Å². The average molecular weight is 670 g/mol. The third kappa shape index (κ3) is 5.49. The minimum atomic E-state index is -0.0548. The fourth-order valence-electron chi connectivity index (χ4n) is 7.53. The van der Waals surface area contributed by atoms with Gasteiger partial charge in [0, 0.05) is 24.4 Å². The molecule has 0 radical (unpaired) electrons. The lowest BCUT2D eigenvalue weighted by atomic mass is 9.85. The van der Waals surface area contributed by atoms with Crippen molar-refractivity contribution in [1.29, 1.82) is 5.41 Å². The molecule has 2 aliphatic rings. The predicted octanol–water partition coefficient (Wildman–Crippen LogP) is 11.1. The van der Waals surface area contributed by atoms with Crippen LogP contribution in [0.4, 0.5) is 5.69 Å². The van der Waals surface area contributed by atoms with Gasteiger partial charge in [0.05, 0.1) is 23.1 Å². The SMILES string of the molecule is CN1C=CC=CC1C1=CC=C(c2ccccn2)/C(=N/Nc2ccc(-c3c4ccccc4c(-c4ccc5ccccc5c4)c4ccccc34)cc2)C1=N. The molecule has 1 aliphatic heterocycles. The molecule has 0 bridgehead atoms. The standard InChI is InChI=1S/C47H35N5/c1-52-29-11-9-19-43(52)41-27-26-40(42-18-8-10-28-49-42)47(46(41)48)51-50-35-24-22-32(23-25-35)44-36-14-4-6-16-38(36)45(39-17-7-5-15-37(39)44)34-21-20-31-12-2-3-13-33(31)30-34/h2-30,43,48,50H,1H3/b48-46?,51-47-. The van der Waals surface area contributed by atoms with Crippen LogP contribution in [0.5, 0.6) is 0 Å². The highest BCUT2D eigenvalue weighted by Crippen LogP contribution is 2.44. The summed E-state index contributed by atoms with van der Waals surface area (Å²) in [6, 6.07) is 47.0. The van der Waals surface area contributed by atoms with Gasteiger partial charge in [-0.15, -0.1) is 0 Å². The summed E-state index contributed by atoms with van der Waals surface area (Å²) in [6.07, 6.45) is 14.0. The number of benzene rings is 6. The number of likely N-dealkylation sites (N-methyl/N-ethyl adjacent to an activating group) is 1. The van der Waals surface area contributed by atoms with Crippen molar-refractivity contribution in [1.82, 2.24) is 9.88 Å². The van der Waals surface area contributed by atoms with E-state index in [1.807, 2.05) is 55.8 Å². The molecule has 6 aromatic carbocycles. The quantitative estimate of drug-likeness (QED) is 0.105. The van der Waals surface area contributed by atoms with Crippen molar-refractivity contribution in [3.63, 3.8) is 0 Å². The molecule has 2 N–H and O–H groups in total. The minimum Gasteiger partial charge on any atom is -0.370 e. The van der Waals surface area contributed by atoms with Gasteiger partial charge in [-0.05, 0) is 97.2 Å². The van der Waals surface area contributed by atoms with Gasteiger partial charge < -0.3 is 4.90 Å². The summed E-state index contributed by atoms with van der Waals surface area (Å²) in [4.78, 5) is 6.69. The summed E-state index contributed by atoms with van der Waals surface area (Å²) in [6.45, 7) is 0. The van der Waals surface area contributed by atoms with Gasteiger partial charge in [0.25, 0.3) is 0 Å². The first-order chi connectivity index (χ1) is 25.6. The lowest BCUT2D eigenvalue weighted by Gasteiger charge is -2.30. The average Bonchev–Trinajstić information content (AvgIpc) is 3.20. The largest absolute Gasteiger partial charge is 0.370 e. The molecular formula is C47H35N5. The van der Waals surface area contributed by atoms with Crippen molar-refractivity contribution in [3.8, 4) is 22.3 Å². The Bertz CT molecular complexity index is 2620. The Labute approximate surface area is 302 Å². The zero-order valence-corrected chi connectivity index (χ0v) is 28.7. The number of pyridine rings is 1. The van der Waals surface area contributed by atoms with Gasteiger partial charge >= 0.3 is 0 Å². The number of allylic oxidation sites excluding steroid dienone is 5. The molecule has 0 saturated carbocycles. The first-order valence-corrected chi connectivity index (χ1v) is 17.5. The van der Waals surface area contributed by atoms with Crippen LogP contribution in [0.15, 0.2) is 187 Å². The summed E-state index contributed by atoms with van der Waals surface area (Å²) in [5.74, 6) is 0. The van der Waals surface area contributed by atoms with Crippen LogP contribution in [0.25, 0.3) is 60.1 Å². The van der Waals surface area contributed by atoms with E-state index in [1.165, 1.54) is 49.0 Å². The maximum atomic E-state index is 9.30. The van der Waals surface area contributed by atoms with Gasteiger partial charge in [-0.25, -0.2) is 0 Å². The molecule has 0 spiro atoms. The maximum Gasteiger partial charge on any atom is 0.118 e. The van der Waals surface area contributed by atoms with Gasteiger partial charge in [-0.3, -0.25) is 15.8 Å². The van der Waals surface area contributed by atoms with E-state index in [4.69, 9.17) is 5.10 Å². The molecule has 0 fully saturated rings. The smallest absolute Gasteiger partial charge is 0.118 e.